The van der Waals surface area contributed by atoms with Gasteiger partial charge in [-0.2, -0.15) is 0 Å². The lowest BCUT2D eigenvalue weighted by Gasteiger charge is -1.96. The molecule has 0 spiro atoms. The SMILES string of the molecule is Fc1cccc(/C=C(\Cl)c2nnc(-c3ccc(Cl)cc3)o2)c1. The molecule has 0 aliphatic carbocycles. The van der Waals surface area contributed by atoms with Crippen molar-refractivity contribution in [1.29, 1.82) is 0 Å². The van der Waals surface area contributed by atoms with Crippen molar-refractivity contribution in [2.75, 3.05) is 0 Å². The van der Waals surface area contributed by atoms with E-state index in [0.29, 0.717) is 16.5 Å². The van der Waals surface area contributed by atoms with Crippen LogP contribution >= 0.6 is 23.2 Å². The molecule has 1 heterocycles. The lowest BCUT2D eigenvalue weighted by atomic mass is 10.2. The topological polar surface area (TPSA) is 38.9 Å². The fraction of sp³-hybridized carbons (Fsp3) is 0. The molecule has 0 fully saturated rings. The van der Waals surface area contributed by atoms with Crippen molar-refractivity contribution in [3.05, 3.63) is 70.8 Å². The molecule has 0 saturated carbocycles. The fourth-order valence-electron chi connectivity index (χ4n) is 1.83. The van der Waals surface area contributed by atoms with Crippen LogP contribution < -0.4 is 0 Å². The first-order valence-corrected chi connectivity index (χ1v) is 7.10. The summed E-state index contributed by atoms with van der Waals surface area (Å²) in [6.45, 7) is 0. The number of hydrogen-bond donors (Lipinski definition) is 0. The van der Waals surface area contributed by atoms with E-state index < -0.39 is 0 Å². The lowest BCUT2D eigenvalue weighted by molar-refractivity contribution is 0.556. The first-order chi connectivity index (χ1) is 10.6. The predicted molar refractivity (Wildman–Crippen MR) is 84.9 cm³/mol. The van der Waals surface area contributed by atoms with Gasteiger partial charge in [-0.1, -0.05) is 35.3 Å². The van der Waals surface area contributed by atoms with Crippen molar-refractivity contribution in [2.45, 2.75) is 0 Å². The van der Waals surface area contributed by atoms with Gasteiger partial charge in [0, 0.05) is 10.6 Å². The number of halogens is 3. The highest BCUT2D eigenvalue weighted by atomic mass is 35.5. The summed E-state index contributed by atoms with van der Waals surface area (Å²) >= 11 is 12.0. The summed E-state index contributed by atoms with van der Waals surface area (Å²) in [6.07, 6.45) is 1.56. The largest absolute Gasteiger partial charge is 0.415 e. The van der Waals surface area contributed by atoms with Crippen LogP contribution in [-0.4, -0.2) is 10.2 Å². The molecule has 1 aromatic heterocycles. The van der Waals surface area contributed by atoms with Crippen molar-refractivity contribution in [1.82, 2.24) is 10.2 Å². The second-order valence-electron chi connectivity index (χ2n) is 4.47. The average molecular weight is 335 g/mol. The van der Waals surface area contributed by atoms with E-state index in [9.17, 15) is 4.39 Å². The minimum atomic E-state index is -0.342. The van der Waals surface area contributed by atoms with Crippen LogP contribution in [0.3, 0.4) is 0 Å². The summed E-state index contributed by atoms with van der Waals surface area (Å²) in [5.41, 5.74) is 1.34. The maximum atomic E-state index is 13.1. The second-order valence-corrected chi connectivity index (χ2v) is 5.31. The maximum absolute atomic E-state index is 13.1. The van der Waals surface area contributed by atoms with E-state index in [0.717, 1.165) is 5.56 Å². The van der Waals surface area contributed by atoms with Crippen LogP contribution in [0.5, 0.6) is 0 Å². The van der Waals surface area contributed by atoms with Crippen LogP contribution in [0, 0.1) is 5.82 Å². The summed E-state index contributed by atoms with van der Waals surface area (Å²) < 4.78 is 18.7. The second kappa shape index (κ2) is 6.30. The molecule has 0 atom stereocenters. The molecule has 22 heavy (non-hydrogen) atoms. The van der Waals surface area contributed by atoms with Crippen LogP contribution in [0.1, 0.15) is 11.5 Å². The van der Waals surface area contributed by atoms with Gasteiger partial charge in [-0.3, -0.25) is 0 Å². The number of aromatic nitrogens is 2. The van der Waals surface area contributed by atoms with E-state index in [1.807, 2.05) is 0 Å². The molecular formula is C16H9Cl2FN2O. The molecule has 0 aliphatic rings. The summed E-state index contributed by atoms with van der Waals surface area (Å²) in [4.78, 5) is 0. The molecule has 0 amide bonds. The molecule has 0 radical (unpaired) electrons. The van der Waals surface area contributed by atoms with Gasteiger partial charge in [-0.25, -0.2) is 4.39 Å². The maximum Gasteiger partial charge on any atom is 0.259 e. The van der Waals surface area contributed by atoms with E-state index in [2.05, 4.69) is 10.2 Å². The Morgan fingerprint density at radius 3 is 2.59 bits per heavy atom. The molecule has 0 unspecified atom stereocenters. The number of benzene rings is 2. The molecule has 0 saturated heterocycles. The zero-order valence-corrected chi connectivity index (χ0v) is 12.6. The van der Waals surface area contributed by atoms with Gasteiger partial charge in [0.05, 0.1) is 0 Å². The van der Waals surface area contributed by atoms with Gasteiger partial charge in [0.15, 0.2) is 0 Å². The van der Waals surface area contributed by atoms with Crippen LogP contribution in [0.15, 0.2) is 52.9 Å². The summed E-state index contributed by atoms with van der Waals surface area (Å²) in [5, 5.41) is 8.68. The third-order valence-corrected chi connectivity index (χ3v) is 3.39. The van der Waals surface area contributed by atoms with E-state index in [1.54, 1.807) is 42.5 Å². The minimum absolute atomic E-state index is 0.163. The zero-order valence-electron chi connectivity index (χ0n) is 11.1. The third-order valence-electron chi connectivity index (χ3n) is 2.86. The van der Waals surface area contributed by atoms with E-state index in [4.69, 9.17) is 27.6 Å². The molecule has 2 aromatic carbocycles. The van der Waals surface area contributed by atoms with Crippen molar-refractivity contribution >= 4 is 34.3 Å². The Labute approximate surface area is 136 Å². The highest BCUT2D eigenvalue weighted by Gasteiger charge is 2.11. The molecular weight excluding hydrogens is 326 g/mol. The number of nitrogens with zero attached hydrogens (tertiary/aromatic N) is 2. The van der Waals surface area contributed by atoms with Crippen molar-refractivity contribution in [3.63, 3.8) is 0 Å². The fourth-order valence-corrected chi connectivity index (χ4v) is 2.16. The molecule has 3 nitrogen and oxygen atoms in total. The Balaban J connectivity index is 1.88. The van der Waals surface area contributed by atoms with Crippen molar-refractivity contribution in [2.24, 2.45) is 0 Å². The molecule has 3 aromatic rings. The number of rotatable bonds is 3. The minimum Gasteiger partial charge on any atom is -0.415 e. The first kappa shape index (κ1) is 14.8. The van der Waals surface area contributed by atoms with Gasteiger partial charge < -0.3 is 4.42 Å². The van der Waals surface area contributed by atoms with Crippen molar-refractivity contribution < 1.29 is 8.81 Å². The van der Waals surface area contributed by atoms with E-state index in [-0.39, 0.29) is 16.7 Å². The van der Waals surface area contributed by atoms with Crippen molar-refractivity contribution in [3.8, 4) is 11.5 Å². The van der Waals surface area contributed by atoms with Crippen LogP contribution in [0.4, 0.5) is 4.39 Å². The predicted octanol–water partition coefficient (Wildman–Crippen LogP) is 5.27. The van der Waals surface area contributed by atoms with Crippen LogP contribution in [0.25, 0.3) is 22.6 Å². The Hall–Kier alpha value is -2.17. The Bertz CT molecular complexity index is 828. The summed E-state index contributed by atoms with van der Waals surface area (Å²) in [6, 6.07) is 13.0. The quantitative estimate of drug-likeness (QED) is 0.655. The highest BCUT2D eigenvalue weighted by molar-refractivity contribution is 6.50. The van der Waals surface area contributed by atoms with E-state index in [1.165, 1.54) is 12.1 Å². The monoisotopic (exact) mass is 334 g/mol. The van der Waals surface area contributed by atoms with Crippen LogP contribution in [0.2, 0.25) is 5.02 Å². The van der Waals surface area contributed by atoms with Gasteiger partial charge in [-0.05, 0) is 48.0 Å². The van der Waals surface area contributed by atoms with E-state index >= 15 is 0 Å². The number of hydrogen-bond acceptors (Lipinski definition) is 3. The van der Waals surface area contributed by atoms with Gasteiger partial charge >= 0.3 is 0 Å². The molecule has 3 rings (SSSR count). The van der Waals surface area contributed by atoms with Crippen LogP contribution in [-0.2, 0) is 0 Å². The smallest absolute Gasteiger partial charge is 0.259 e. The average Bonchev–Trinajstić information content (AvgIpc) is 2.98. The molecule has 0 aliphatic heterocycles. The third kappa shape index (κ3) is 3.35. The van der Waals surface area contributed by atoms with Gasteiger partial charge in [0.2, 0.25) is 5.89 Å². The highest BCUT2D eigenvalue weighted by Crippen LogP contribution is 2.26. The van der Waals surface area contributed by atoms with Gasteiger partial charge in [0.25, 0.3) is 5.89 Å². The normalized spacial score (nSPS) is 11.7. The summed E-state index contributed by atoms with van der Waals surface area (Å²) in [5.74, 6) is 0.152. The van der Waals surface area contributed by atoms with Gasteiger partial charge in [0.1, 0.15) is 10.8 Å². The molecule has 0 bridgehead atoms. The lowest BCUT2D eigenvalue weighted by Crippen LogP contribution is -1.79. The zero-order chi connectivity index (χ0) is 15.5. The Morgan fingerprint density at radius 2 is 1.86 bits per heavy atom. The molecule has 6 heteroatoms. The first-order valence-electron chi connectivity index (χ1n) is 6.34. The van der Waals surface area contributed by atoms with Gasteiger partial charge in [-0.15, -0.1) is 10.2 Å². The molecule has 110 valence electrons. The Morgan fingerprint density at radius 1 is 1.09 bits per heavy atom. The standard InChI is InChI=1S/C16H9Cl2FN2O/c17-12-6-4-11(5-7-12)15-20-21-16(22-15)14(18)9-10-2-1-3-13(19)8-10/h1-9H/b14-9-. The summed E-state index contributed by atoms with van der Waals surface area (Å²) in [7, 11) is 0. The molecule has 0 N–H and O–H groups in total. The Kier molecular flexibility index (Phi) is 4.22.